The van der Waals surface area contributed by atoms with E-state index in [1.807, 2.05) is 86.9 Å². The number of anilines is 2. The third-order valence-corrected chi connectivity index (χ3v) is 4.48. The summed E-state index contributed by atoms with van der Waals surface area (Å²) in [6.45, 7) is 15.9. The van der Waals surface area contributed by atoms with Crippen molar-refractivity contribution in [2.45, 2.75) is 34.6 Å². The molecule has 0 radical (unpaired) electrons. The minimum Gasteiger partial charge on any atom is -0.397 e. The van der Waals surface area contributed by atoms with Crippen LogP contribution in [0, 0.1) is 10.1 Å². The lowest BCUT2D eigenvalue weighted by molar-refractivity contribution is -0.384. The smallest absolute Gasteiger partial charge is 0.271 e. The van der Waals surface area contributed by atoms with E-state index in [4.69, 9.17) is 5.73 Å². The molecule has 1 saturated heterocycles. The summed E-state index contributed by atoms with van der Waals surface area (Å²) in [6.07, 6.45) is 5.58. The fourth-order valence-corrected chi connectivity index (χ4v) is 2.99. The van der Waals surface area contributed by atoms with Crippen LogP contribution >= 0.6 is 0 Å². The van der Waals surface area contributed by atoms with Crippen molar-refractivity contribution >= 4 is 23.0 Å². The number of allylic oxidation sites excluding steroid dienone is 3. The molecule has 1 fully saturated rings. The molecule has 2 N–H and O–H groups in total. The molecule has 0 atom stereocenters. The highest BCUT2D eigenvalue weighted by Gasteiger charge is 2.23. The number of nitrogen functional groups attached to an aromatic ring is 1. The van der Waals surface area contributed by atoms with Crippen LogP contribution in [0.1, 0.15) is 45.0 Å². The maximum Gasteiger partial charge on any atom is 0.271 e. The molecular formula is C26H38N4O3. The van der Waals surface area contributed by atoms with E-state index in [1.165, 1.54) is 12.1 Å². The van der Waals surface area contributed by atoms with Gasteiger partial charge in [-0.2, -0.15) is 0 Å². The summed E-state index contributed by atoms with van der Waals surface area (Å²) in [5.74, 6) is 0.0203. The molecule has 180 valence electrons. The van der Waals surface area contributed by atoms with E-state index in [2.05, 4.69) is 6.58 Å². The van der Waals surface area contributed by atoms with Gasteiger partial charge in [0.05, 0.1) is 16.3 Å². The lowest BCUT2D eigenvalue weighted by atomic mass is 10.1. The van der Waals surface area contributed by atoms with E-state index in [0.717, 1.165) is 5.69 Å². The summed E-state index contributed by atoms with van der Waals surface area (Å²) >= 11 is 0. The van der Waals surface area contributed by atoms with Gasteiger partial charge in [0.2, 0.25) is 0 Å². The molecule has 1 amide bonds. The van der Waals surface area contributed by atoms with E-state index in [-0.39, 0.29) is 11.6 Å². The van der Waals surface area contributed by atoms with Crippen molar-refractivity contribution in [2.24, 2.45) is 0 Å². The monoisotopic (exact) mass is 454 g/mol. The van der Waals surface area contributed by atoms with Crippen LogP contribution in [0.15, 0.2) is 73.3 Å². The summed E-state index contributed by atoms with van der Waals surface area (Å²) in [7, 11) is 0. The van der Waals surface area contributed by atoms with Crippen molar-refractivity contribution in [3.05, 3.63) is 89.0 Å². The number of non-ortho nitro benzene ring substituents is 1. The Morgan fingerprint density at radius 2 is 1.61 bits per heavy atom. The first-order chi connectivity index (χ1) is 16.0. The molecular weight excluding hydrogens is 416 g/mol. The minimum atomic E-state index is -0.462. The van der Waals surface area contributed by atoms with Crippen molar-refractivity contribution in [1.82, 2.24) is 4.90 Å². The molecule has 3 rings (SSSR count). The lowest BCUT2D eigenvalue weighted by Crippen LogP contribution is -2.49. The molecule has 0 saturated carbocycles. The van der Waals surface area contributed by atoms with Crippen LogP contribution in [0.4, 0.5) is 17.1 Å². The van der Waals surface area contributed by atoms with Crippen LogP contribution in [0.25, 0.3) is 0 Å². The molecule has 33 heavy (non-hydrogen) atoms. The Bertz CT molecular complexity index is 874. The van der Waals surface area contributed by atoms with Crippen LogP contribution in [-0.4, -0.2) is 41.9 Å². The van der Waals surface area contributed by atoms with Gasteiger partial charge in [0, 0.05) is 43.9 Å². The van der Waals surface area contributed by atoms with Crippen molar-refractivity contribution in [3.8, 4) is 0 Å². The van der Waals surface area contributed by atoms with Crippen LogP contribution in [0.5, 0.6) is 0 Å². The number of rotatable bonds is 4. The normalized spacial score (nSPS) is 12.3. The number of nitro benzene ring substituents is 1. The highest BCUT2D eigenvalue weighted by atomic mass is 16.6. The van der Waals surface area contributed by atoms with E-state index in [9.17, 15) is 14.9 Å². The van der Waals surface area contributed by atoms with E-state index in [0.29, 0.717) is 37.4 Å². The number of nitrogens with zero attached hydrogens (tertiary/aromatic N) is 3. The van der Waals surface area contributed by atoms with E-state index < -0.39 is 4.92 Å². The summed E-state index contributed by atoms with van der Waals surface area (Å²) in [5, 5.41) is 10.8. The molecule has 0 aliphatic carbocycles. The van der Waals surface area contributed by atoms with Crippen LogP contribution < -0.4 is 10.6 Å². The predicted molar refractivity (Wildman–Crippen MR) is 140 cm³/mol. The molecule has 1 heterocycles. The van der Waals surface area contributed by atoms with Gasteiger partial charge in [-0.05, 0) is 25.1 Å². The van der Waals surface area contributed by atoms with Gasteiger partial charge >= 0.3 is 0 Å². The Kier molecular flexibility index (Phi) is 15.1. The largest absolute Gasteiger partial charge is 0.397 e. The minimum absolute atomic E-state index is 0.0193. The standard InChI is InChI=1S/C17H18N4O3.C5H8.2C2H6/c18-15-12-14(21(23)24)6-7-16(15)19-8-10-20(11-9-19)17(22)13-4-2-1-3-5-13;1-3-5-4-2;2*1-2/h1-7,12H,8-11,18H2;3-5H,1H2,2H3;2*1-2H3/b;5-4-;;. The van der Waals surface area contributed by atoms with Crippen molar-refractivity contribution < 1.29 is 9.72 Å². The first kappa shape index (κ1) is 29.4. The molecule has 1 aliphatic heterocycles. The Morgan fingerprint density at radius 1 is 1.03 bits per heavy atom. The molecule has 2 aromatic rings. The maximum absolute atomic E-state index is 12.4. The fraction of sp³-hybridized carbons (Fsp3) is 0.346. The van der Waals surface area contributed by atoms with Gasteiger partial charge in [-0.15, -0.1) is 0 Å². The third-order valence-electron chi connectivity index (χ3n) is 4.48. The van der Waals surface area contributed by atoms with E-state index >= 15 is 0 Å². The first-order valence-corrected chi connectivity index (χ1v) is 11.3. The average Bonchev–Trinajstić information content (AvgIpc) is 2.87. The zero-order valence-corrected chi connectivity index (χ0v) is 20.5. The maximum atomic E-state index is 12.4. The van der Waals surface area contributed by atoms with Gasteiger partial charge in [-0.1, -0.05) is 70.7 Å². The second kappa shape index (κ2) is 17.0. The summed E-state index contributed by atoms with van der Waals surface area (Å²) in [6, 6.07) is 13.7. The Hall–Kier alpha value is -3.61. The van der Waals surface area contributed by atoms with Crippen molar-refractivity contribution in [1.29, 1.82) is 0 Å². The molecule has 7 heteroatoms. The van der Waals surface area contributed by atoms with Gasteiger partial charge in [0.25, 0.3) is 11.6 Å². The Labute approximate surface area is 198 Å². The number of piperazine rings is 1. The molecule has 0 bridgehead atoms. The summed E-state index contributed by atoms with van der Waals surface area (Å²) in [4.78, 5) is 26.6. The number of carbonyl (C=O) groups excluding carboxylic acids is 1. The topological polar surface area (TPSA) is 92.7 Å². The van der Waals surface area contributed by atoms with Crippen LogP contribution in [-0.2, 0) is 0 Å². The summed E-state index contributed by atoms with van der Waals surface area (Å²) < 4.78 is 0. The van der Waals surface area contributed by atoms with Gasteiger partial charge in [-0.25, -0.2) is 0 Å². The molecule has 7 nitrogen and oxygen atoms in total. The Balaban J connectivity index is 0.000000991. The quantitative estimate of drug-likeness (QED) is 0.267. The van der Waals surface area contributed by atoms with Crippen molar-refractivity contribution in [2.75, 3.05) is 36.8 Å². The number of nitrogens with two attached hydrogens (primary N) is 1. The number of hydrogen-bond acceptors (Lipinski definition) is 5. The van der Waals surface area contributed by atoms with E-state index in [1.54, 1.807) is 12.1 Å². The van der Waals surface area contributed by atoms with Gasteiger partial charge in [0.15, 0.2) is 0 Å². The number of hydrogen-bond donors (Lipinski definition) is 1. The predicted octanol–water partition coefficient (Wildman–Crippen LogP) is 5.94. The number of amides is 1. The third kappa shape index (κ3) is 9.60. The molecule has 0 unspecified atom stereocenters. The number of carbonyl (C=O) groups is 1. The van der Waals surface area contributed by atoms with Crippen LogP contribution in [0.2, 0.25) is 0 Å². The second-order valence-corrected chi connectivity index (χ2v) is 6.41. The molecule has 2 aromatic carbocycles. The molecule has 1 aliphatic rings. The van der Waals surface area contributed by atoms with Crippen LogP contribution in [0.3, 0.4) is 0 Å². The SMILES string of the molecule is C=C/C=C\C.CC.CC.Nc1cc([N+](=O)[O-])ccc1N1CCN(C(=O)c2ccccc2)CC1. The summed E-state index contributed by atoms with van der Waals surface area (Å²) in [5.41, 5.74) is 7.76. The molecule has 0 spiro atoms. The number of benzene rings is 2. The zero-order chi connectivity index (χ0) is 25.2. The first-order valence-electron chi connectivity index (χ1n) is 11.3. The fourth-order valence-electron chi connectivity index (χ4n) is 2.99. The highest BCUT2D eigenvalue weighted by molar-refractivity contribution is 5.94. The van der Waals surface area contributed by atoms with Crippen molar-refractivity contribution in [3.63, 3.8) is 0 Å². The highest BCUT2D eigenvalue weighted by Crippen LogP contribution is 2.28. The van der Waals surface area contributed by atoms with Gasteiger partial charge < -0.3 is 15.5 Å². The van der Waals surface area contributed by atoms with Gasteiger partial charge in [0.1, 0.15) is 0 Å². The lowest BCUT2D eigenvalue weighted by Gasteiger charge is -2.36. The average molecular weight is 455 g/mol. The Morgan fingerprint density at radius 3 is 2.03 bits per heavy atom. The van der Waals surface area contributed by atoms with Gasteiger partial charge in [-0.3, -0.25) is 14.9 Å². The second-order valence-electron chi connectivity index (χ2n) is 6.41. The zero-order valence-electron chi connectivity index (χ0n) is 20.5. The molecule has 0 aromatic heterocycles. The number of nitro groups is 1.